The van der Waals surface area contributed by atoms with E-state index in [2.05, 4.69) is 0 Å². The number of amides is 1. The predicted octanol–water partition coefficient (Wildman–Crippen LogP) is 1.09. The van der Waals surface area contributed by atoms with Gasteiger partial charge in [-0.1, -0.05) is 30.3 Å². The number of nitrogens with zero attached hydrogens (tertiary/aromatic N) is 1. The van der Waals surface area contributed by atoms with Gasteiger partial charge in [0.15, 0.2) is 6.04 Å². The van der Waals surface area contributed by atoms with Crippen molar-refractivity contribution in [1.29, 1.82) is 0 Å². The van der Waals surface area contributed by atoms with Gasteiger partial charge >= 0.3 is 12.1 Å². The van der Waals surface area contributed by atoms with Crippen LogP contribution in [0.1, 0.15) is 5.56 Å². The average Bonchev–Trinajstić information content (AvgIpc) is 2.62. The van der Waals surface area contributed by atoms with Gasteiger partial charge in [-0.15, -0.1) is 0 Å². The first-order valence-corrected chi connectivity index (χ1v) is 4.88. The highest BCUT2D eigenvalue weighted by atomic mass is 16.6. The summed E-state index contributed by atoms with van der Waals surface area (Å²) in [5, 5.41) is 8.91. The van der Waals surface area contributed by atoms with E-state index in [1.165, 1.54) is 4.90 Å². The molecule has 84 valence electrons. The van der Waals surface area contributed by atoms with Gasteiger partial charge < -0.3 is 9.84 Å². The van der Waals surface area contributed by atoms with Crippen LogP contribution in [0.3, 0.4) is 0 Å². The zero-order chi connectivity index (χ0) is 11.5. The van der Waals surface area contributed by atoms with Crippen LogP contribution in [0.4, 0.5) is 4.79 Å². The summed E-state index contributed by atoms with van der Waals surface area (Å²) in [5.74, 6) is -1.04. The van der Waals surface area contributed by atoms with Crippen LogP contribution in [-0.2, 0) is 16.1 Å². The third-order valence-electron chi connectivity index (χ3n) is 2.46. The second-order valence-electron chi connectivity index (χ2n) is 3.54. The number of rotatable bonds is 3. The van der Waals surface area contributed by atoms with E-state index >= 15 is 0 Å². The van der Waals surface area contributed by atoms with Crippen LogP contribution in [0.25, 0.3) is 0 Å². The molecule has 1 aliphatic rings. The summed E-state index contributed by atoms with van der Waals surface area (Å²) < 4.78 is 4.72. The Hall–Kier alpha value is -2.04. The molecule has 1 heterocycles. The van der Waals surface area contributed by atoms with Crippen molar-refractivity contribution in [1.82, 2.24) is 4.90 Å². The number of hydrogen-bond acceptors (Lipinski definition) is 3. The lowest BCUT2D eigenvalue weighted by molar-refractivity contribution is -0.141. The number of carbonyl (C=O) groups excluding carboxylic acids is 1. The molecule has 5 heteroatoms. The Morgan fingerprint density at radius 3 is 2.75 bits per heavy atom. The molecule has 1 aromatic rings. The molecule has 1 aromatic carbocycles. The molecule has 0 bridgehead atoms. The third-order valence-corrected chi connectivity index (χ3v) is 2.46. The number of ether oxygens (including phenoxy) is 1. The molecule has 1 fully saturated rings. The molecule has 0 saturated carbocycles. The molecule has 0 aliphatic carbocycles. The fraction of sp³-hybridized carbons (Fsp3) is 0.273. The van der Waals surface area contributed by atoms with Gasteiger partial charge in [0.2, 0.25) is 0 Å². The van der Waals surface area contributed by atoms with Gasteiger partial charge in [0.1, 0.15) is 6.61 Å². The fourth-order valence-corrected chi connectivity index (χ4v) is 1.61. The summed E-state index contributed by atoms with van der Waals surface area (Å²) >= 11 is 0. The van der Waals surface area contributed by atoms with Crippen LogP contribution >= 0.6 is 0 Å². The molecular weight excluding hydrogens is 210 g/mol. The van der Waals surface area contributed by atoms with E-state index in [0.717, 1.165) is 5.56 Å². The highest BCUT2D eigenvalue weighted by Crippen LogP contribution is 2.16. The average molecular weight is 221 g/mol. The fourth-order valence-electron chi connectivity index (χ4n) is 1.61. The van der Waals surface area contributed by atoms with E-state index < -0.39 is 18.1 Å². The lowest BCUT2D eigenvalue weighted by Crippen LogP contribution is -2.38. The SMILES string of the molecule is O=C(O)[C@H]1COC(=O)N1Cc1ccccc1. The lowest BCUT2D eigenvalue weighted by Gasteiger charge is -2.17. The molecule has 0 radical (unpaired) electrons. The maximum atomic E-state index is 11.3. The second-order valence-corrected chi connectivity index (χ2v) is 3.54. The minimum atomic E-state index is -1.04. The van der Waals surface area contributed by atoms with Crippen molar-refractivity contribution in [3.8, 4) is 0 Å². The molecule has 1 saturated heterocycles. The first kappa shape index (κ1) is 10.5. The number of aliphatic carboxylic acids is 1. The van der Waals surface area contributed by atoms with E-state index in [1.807, 2.05) is 30.3 Å². The molecule has 1 N–H and O–H groups in total. The van der Waals surface area contributed by atoms with Crippen molar-refractivity contribution in [3.05, 3.63) is 35.9 Å². The molecule has 1 atom stereocenters. The van der Waals surface area contributed by atoms with Crippen molar-refractivity contribution in [3.63, 3.8) is 0 Å². The highest BCUT2D eigenvalue weighted by Gasteiger charge is 2.37. The van der Waals surface area contributed by atoms with Crippen LogP contribution in [0.5, 0.6) is 0 Å². The van der Waals surface area contributed by atoms with Crippen LogP contribution in [-0.4, -0.2) is 34.7 Å². The smallest absolute Gasteiger partial charge is 0.411 e. The molecule has 1 aliphatic heterocycles. The number of carboxylic acids is 1. The van der Waals surface area contributed by atoms with Gasteiger partial charge in [0.25, 0.3) is 0 Å². The van der Waals surface area contributed by atoms with E-state index in [1.54, 1.807) is 0 Å². The Bertz CT molecular complexity index is 404. The topological polar surface area (TPSA) is 66.8 Å². The monoisotopic (exact) mass is 221 g/mol. The van der Waals surface area contributed by atoms with E-state index in [4.69, 9.17) is 9.84 Å². The summed E-state index contributed by atoms with van der Waals surface area (Å²) in [5.41, 5.74) is 0.882. The van der Waals surface area contributed by atoms with Crippen molar-refractivity contribution in [2.75, 3.05) is 6.61 Å². The predicted molar refractivity (Wildman–Crippen MR) is 54.8 cm³/mol. The van der Waals surface area contributed by atoms with Crippen LogP contribution < -0.4 is 0 Å². The summed E-state index contributed by atoms with van der Waals surface area (Å²) in [6.45, 7) is 0.178. The normalized spacial score (nSPS) is 19.6. The van der Waals surface area contributed by atoms with Crippen molar-refractivity contribution in [2.45, 2.75) is 12.6 Å². The van der Waals surface area contributed by atoms with Gasteiger partial charge in [0.05, 0.1) is 6.54 Å². The van der Waals surface area contributed by atoms with Gasteiger partial charge in [-0.05, 0) is 5.56 Å². The minimum Gasteiger partial charge on any atom is -0.480 e. The Labute approximate surface area is 92.2 Å². The van der Waals surface area contributed by atoms with Gasteiger partial charge in [0, 0.05) is 0 Å². The van der Waals surface area contributed by atoms with Crippen molar-refractivity contribution in [2.24, 2.45) is 0 Å². The zero-order valence-corrected chi connectivity index (χ0v) is 8.50. The van der Waals surface area contributed by atoms with E-state index in [9.17, 15) is 9.59 Å². The van der Waals surface area contributed by atoms with Gasteiger partial charge in [-0.3, -0.25) is 4.90 Å². The highest BCUT2D eigenvalue weighted by molar-refractivity contribution is 5.82. The maximum Gasteiger partial charge on any atom is 0.411 e. The third kappa shape index (κ3) is 1.98. The molecule has 0 spiro atoms. The summed E-state index contributed by atoms with van der Waals surface area (Å²) in [6, 6.07) is 8.34. The first-order valence-electron chi connectivity index (χ1n) is 4.88. The van der Waals surface area contributed by atoms with Crippen LogP contribution in [0.2, 0.25) is 0 Å². The summed E-state index contributed by atoms with van der Waals surface area (Å²) in [4.78, 5) is 23.4. The van der Waals surface area contributed by atoms with Gasteiger partial charge in [-0.2, -0.15) is 0 Å². The Kier molecular flexibility index (Phi) is 2.76. The first-order chi connectivity index (χ1) is 7.68. The Morgan fingerprint density at radius 2 is 2.12 bits per heavy atom. The number of benzene rings is 1. The largest absolute Gasteiger partial charge is 0.480 e. The summed E-state index contributed by atoms with van der Waals surface area (Å²) in [7, 11) is 0. The van der Waals surface area contributed by atoms with E-state index in [0.29, 0.717) is 0 Å². The second kappa shape index (κ2) is 4.22. The van der Waals surface area contributed by atoms with E-state index in [-0.39, 0.29) is 13.2 Å². The van der Waals surface area contributed by atoms with Crippen molar-refractivity contribution < 1.29 is 19.4 Å². The summed E-state index contributed by atoms with van der Waals surface area (Å²) in [6.07, 6.45) is -0.573. The molecule has 16 heavy (non-hydrogen) atoms. The Balaban J connectivity index is 2.13. The molecule has 2 rings (SSSR count). The quantitative estimate of drug-likeness (QED) is 0.829. The number of carboxylic acid groups (broad SMARTS) is 1. The maximum absolute atomic E-state index is 11.3. The van der Waals surface area contributed by atoms with Crippen molar-refractivity contribution >= 4 is 12.1 Å². The molecule has 1 amide bonds. The standard InChI is InChI=1S/C11H11NO4/c13-10(14)9-7-16-11(15)12(9)6-8-4-2-1-3-5-8/h1-5,9H,6-7H2,(H,13,14)/t9-/m1/s1. The number of cyclic esters (lactones) is 1. The zero-order valence-electron chi connectivity index (χ0n) is 8.50. The van der Waals surface area contributed by atoms with Crippen LogP contribution in [0.15, 0.2) is 30.3 Å². The minimum absolute atomic E-state index is 0.0823. The Morgan fingerprint density at radius 1 is 1.44 bits per heavy atom. The lowest BCUT2D eigenvalue weighted by atomic mass is 10.2. The molecule has 0 aromatic heterocycles. The molecule has 0 unspecified atom stereocenters. The number of hydrogen-bond donors (Lipinski definition) is 1. The number of carbonyl (C=O) groups is 2. The van der Waals surface area contributed by atoms with Gasteiger partial charge in [-0.25, -0.2) is 9.59 Å². The molecular formula is C11H11NO4. The van der Waals surface area contributed by atoms with Crippen LogP contribution in [0, 0.1) is 0 Å². The molecule has 5 nitrogen and oxygen atoms in total.